The van der Waals surface area contributed by atoms with Crippen LogP contribution < -0.4 is 14.8 Å². The highest BCUT2D eigenvalue weighted by molar-refractivity contribution is 6.09. The number of carbonyl (C=O) groups is 2. The fourth-order valence-corrected chi connectivity index (χ4v) is 3.68. The summed E-state index contributed by atoms with van der Waals surface area (Å²) in [6.45, 7) is 0.706. The maximum absolute atomic E-state index is 13.3. The second-order valence-corrected chi connectivity index (χ2v) is 7.38. The lowest BCUT2D eigenvalue weighted by atomic mass is 10.0. The molecule has 0 saturated carbocycles. The molecule has 0 aliphatic carbocycles. The van der Waals surface area contributed by atoms with Gasteiger partial charge in [0.25, 0.3) is 11.8 Å². The molecule has 0 fully saturated rings. The second kappa shape index (κ2) is 8.50. The SMILES string of the molecule is O=C(Nc1ccccc1C(=O)N1CCCC(c2ccc3c(c2)OCO3)=N1)c1ccncc1. The molecule has 0 atom stereocenters. The Morgan fingerprint density at radius 1 is 0.969 bits per heavy atom. The highest BCUT2D eigenvalue weighted by Gasteiger charge is 2.24. The monoisotopic (exact) mass is 428 g/mol. The first-order chi connectivity index (χ1) is 15.7. The number of para-hydroxylation sites is 1. The number of carbonyl (C=O) groups excluding carboxylic acids is 2. The van der Waals surface area contributed by atoms with Crippen LogP contribution in [0.15, 0.2) is 72.1 Å². The summed E-state index contributed by atoms with van der Waals surface area (Å²) >= 11 is 0. The standard InChI is InChI=1S/C24H20N4O4/c29-23(16-9-11-25-12-10-16)26-20-5-2-1-4-18(20)24(30)28-13-3-6-19(27-28)17-7-8-21-22(14-17)32-15-31-21/h1-2,4-5,7-12,14H,3,6,13,15H2,(H,26,29). The van der Waals surface area contributed by atoms with Crippen molar-refractivity contribution in [2.75, 3.05) is 18.7 Å². The molecule has 32 heavy (non-hydrogen) atoms. The van der Waals surface area contributed by atoms with Crippen molar-refractivity contribution in [2.45, 2.75) is 12.8 Å². The summed E-state index contributed by atoms with van der Waals surface area (Å²) in [7, 11) is 0. The zero-order valence-corrected chi connectivity index (χ0v) is 17.2. The summed E-state index contributed by atoms with van der Waals surface area (Å²) in [4.78, 5) is 29.8. The van der Waals surface area contributed by atoms with Gasteiger partial charge < -0.3 is 14.8 Å². The molecule has 160 valence electrons. The van der Waals surface area contributed by atoms with Gasteiger partial charge in [0, 0.05) is 30.1 Å². The van der Waals surface area contributed by atoms with E-state index in [0.29, 0.717) is 34.9 Å². The minimum Gasteiger partial charge on any atom is -0.454 e. The van der Waals surface area contributed by atoms with Crippen molar-refractivity contribution in [2.24, 2.45) is 5.10 Å². The molecule has 2 aliphatic heterocycles. The second-order valence-electron chi connectivity index (χ2n) is 7.38. The molecule has 1 aromatic heterocycles. The lowest BCUT2D eigenvalue weighted by Gasteiger charge is -2.24. The third-order valence-corrected chi connectivity index (χ3v) is 5.31. The summed E-state index contributed by atoms with van der Waals surface area (Å²) in [5.41, 5.74) is 2.98. The van der Waals surface area contributed by atoms with Crippen molar-refractivity contribution in [3.05, 3.63) is 83.7 Å². The van der Waals surface area contributed by atoms with E-state index in [2.05, 4.69) is 15.4 Å². The third kappa shape index (κ3) is 3.90. The third-order valence-electron chi connectivity index (χ3n) is 5.31. The van der Waals surface area contributed by atoms with E-state index in [-0.39, 0.29) is 18.6 Å². The van der Waals surface area contributed by atoms with E-state index in [1.54, 1.807) is 48.8 Å². The number of pyridine rings is 1. The van der Waals surface area contributed by atoms with Gasteiger partial charge in [0.1, 0.15) is 0 Å². The molecule has 8 heteroatoms. The van der Waals surface area contributed by atoms with Gasteiger partial charge in [0.05, 0.1) is 17.0 Å². The number of aromatic nitrogens is 1. The fourth-order valence-electron chi connectivity index (χ4n) is 3.68. The summed E-state index contributed by atoms with van der Waals surface area (Å²) in [5, 5.41) is 8.90. The molecule has 0 unspecified atom stereocenters. The minimum absolute atomic E-state index is 0.206. The van der Waals surface area contributed by atoms with E-state index >= 15 is 0 Å². The quantitative estimate of drug-likeness (QED) is 0.684. The Labute approximate surface area is 184 Å². The average Bonchev–Trinajstić information content (AvgIpc) is 3.32. The van der Waals surface area contributed by atoms with E-state index < -0.39 is 0 Å². The molecule has 5 rings (SSSR count). The zero-order chi connectivity index (χ0) is 21.9. The molecule has 2 aliphatic rings. The first-order valence-electron chi connectivity index (χ1n) is 10.3. The van der Waals surface area contributed by atoms with E-state index in [4.69, 9.17) is 9.47 Å². The molecule has 0 bridgehead atoms. The number of ether oxygens (including phenoxy) is 2. The van der Waals surface area contributed by atoms with Crippen LogP contribution in [0.25, 0.3) is 0 Å². The van der Waals surface area contributed by atoms with Gasteiger partial charge in [-0.1, -0.05) is 12.1 Å². The van der Waals surface area contributed by atoms with Crippen LogP contribution in [0.2, 0.25) is 0 Å². The minimum atomic E-state index is -0.309. The molecule has 3 heterocycles. The topological polar surface area (TPSA) is 93.1 Å². The molecule has 2 aromatic carbocycles. The van der Waals surface area contributed by atoms with Crippen molar-refractivity contribution in [3.63, 3.8) is 0 Å². The Kier molecular flexibility index (Phi) is 5.25. The lowest BCUT2D eigenvalue weighted by Crippen LogP contribution is -2.32. The van der Waals surface area contributed by atoms with Gasteiger partial charge in [-0.05, 0) is 55.3 Å². The van der Waals surface area contributed by atoms with Crippen LogP contribution in [0.4, 0.5) is 5.69 Å². The molecular formula is C24H20N4O4. The normalized spacial score (nSPS) is 14.6. The molecule has 0 spiro atoms. The summed E-state index contributed by atoms with van der Waals surface area (Å²) in [6, 6.07) is 15.8. The van der Waals surface area contributed by atoms with Crippen LogP contribution in [-0.4, -0.2) is 40.9 Å². The van der Waals surface area contributed by atoms with Crippen LogP contribution in [-0.2, 0) is 0 Å². The van der Waals surface area contributed by atoms with E-state index in [1.165, 1.54) is 5.01 Å². The number of rotatable bonds is 4. The Morgan fingerprint density at radius 3 is 2.66 bits per heavy atom. The summed E-state index contributed by atoms with van der Waals surface area (Å²) < 4.78 is 10.8. The molecule has 0 radical (unpaired) electrons. The van der Waals surface area contributed by atoms with E-state index in [9.17, 15) is 9.59 Å². The van der Waals surface area contributed by atoms with E-state index in [1.807, 2.05) is 18.2 Å². The lowest BCUT2D eigenvalue weighted by molar-refractivity contribution is 0.0752. The summed E-state index contributed by atoms with van der Waals surface area (Å²) in [6.07, 6.45) is 4.63. The Bertz CT molecular complexity index is 1210. The molecule has 1 N–H and O–H groups in total. The average molecular weight is 428 g/mol. The number of nitrogens with zero attached hydrogens (tertiary/aromatic N) is 3. The van der Waals surface area contributed by atoms with Gasteiger partial charge in [0.2, 0.25) is 6.79 Å². The van der Waals surface area contributed by atoms with Crippen LogP contribution in [0, 0.1) is 0 Å². The predicted octanol–water partition coefficient (Wildman–Crippen LogP) is 3.70. The van der Waals surface area contributed by atoms with Gasteiger partial charge in [0.15, 0.2) is 11.5 Å². The van der Waals surface area contributed by atoms with Gasteiger partial charge in [-0.3, -0.25) is 14.6 Å². The van der Waals surface area contributed by atoms with Crippen LogP contribution in [0.3, 0.4) is 0 Å². The Morgan fingerprint density at radius 2 is 1.78 bits per heavy atom. The number of fused-ring (bicyclic) bond motifs is 1. The number of nitrogens with one attached hydrogen (secondary N) is 1. The fraction of sp³-hybridized carbons (Fsp3) is 0.167. The first-order valence-corrected chi connectivity index (χ1v) is 10.3. The smallest absolute Gasteiger partial charge is 0.276 e. The predicted molar refractivity (Wildman–Crippen MR) is 118 cm³/mol. The van der Waals surface area contributed by atoms with Crippen molar-refractivity contribution < 1.29 is 19.1 Å². The maximum Gasteiger partial charge on any atom is 0.276 e. The maximum atomic E-state index is 13.3. The molecule has 0 saturated heterocycles. The highest BCUT2D eigenvalue weighted by Crippen LogP contribution is 2.33. The first kappa shape index (κ1) is 19.7. The Balaban J connectivity index is 1.39. The number of hydrazone groups is 1. The Hall–Kier alpha value is -4.20. The van der Waals surface area contributed by atoms with Crippen LogP contribution in [0.5, 0.6) is 11.5 Å². The summed E-state index contributed by atoms with van der Waals surface area (Å²) in [5.74, 6) is 0.805. The highest BCUT2D eigenvalue weighted by atomic mass is 16.7. The van der Waals surface area contributed by atoms with Crippen LogP contribution in [0.1, 0.15) is 39.1 Å². The molecule has 8 nitrogen and oxygen atoms in total. The van der Waals surface area contributed by atoms with Crippen molar-refractivity contribution >= 4 is 23.2 Å². The van der Waals surface area contributed by atoms with Gasteiger partial charge in [-0.2, -0.15) is 5.10 Å². The largest absolute Gasteiger partial charge is 0.454 e. The number of hydrogen-bond donors (Lipinski definition) is 1. The van der Waals surface area contributed by atoms with Crippen LogP contribution >= 0.6 is 0 Å². The van der Waals surface area contributed by atoms with Gasteiger partial charge in [-0.25, -0.2) is 5.01 Å². The number of benzene rings is 2. The van der Waals surface area contributed by atoms with E-state index in [0.717, 1.165) is 24.1 Å². The molecule has 3 aromatic rings. The zero-order valence-electron chi connectivity index (χ0n) is 17.2. The number of hydrogen-bond acceptors (Lipinski definition) is 6. The van der Waals surface area contributed by atoms with Crippen molar-refractivity contribution in [1.29, 1.82) is 0 Å². The number of anilines is 1. The van der Waals surface area contributed by atoms with Gasteiger partial charge >= 0.3 is 0 Å². The molecule has 2 amide bonds. The molecular weight excluding hydrogens is 408 g/mol. The van der Waals surface area contributed by atoms with Gasteiger partial charge in [-0.15, -0.1) is 0 Å². The number of amides is 2. The van der Waals surface area contributed by atoms with Crippen molar-refractivity contribution in [1.82, 2.24) is 9.99 Å². The van der Waals surface area contributed by atoms with Crippen molar-refractivity contribution in [3.8, 4) is 11.5 Å².